The first-order chi connectivity index (χ1) is 8.23. The third-order valence-corrected chi connectivity index (χ3v) is 2.97. The number of carbonyl (C=O) groups excluding carboxylic acids is 2. The Bertz CT molecular complexity index is 280. The predicted octanol–water partition coefficient (Wildman–Crippen LogP) is 0.735. The van der Waals surface area contributed by atoms with Crippen molar-refractivity contribution in [2.75, 3.05) is 19.6 Å². The summed E-state index contributed by atoms with van der Waals surface area (Å²) in [6.45, 7) is 11.4. The zero-order valence-corrected chi connectivity index (χ0v) is 12.2. The van der Waals surface area contributed by atoms with Crippen molar-refractivity contribution in [3.05, 3.63) is 0 Å². The van der Waals surface area contributed by atoms with Gasteiger partial charge < -0.3 is 16.0 Å². The first-order valence-electron chi connectivity index (χ1n) is 6.55. The first-order valence-corrected chi connectivity index (χ1v) is 6.55. The maximum Gasteiger partial charge on any atom is 0.237 e. The molecule has 0 aromatic heterocycles. The molecule has 5 heteroatoms. The number of nitrogens with zero attached hydrogens (tertiary/aromatic N) is 1. The van der Waals surface area contributed by atoms with Gasteiger partial charge in [0.05, 0.1) is 6.04 Å². The van der Waals surface area contributed by atoms with Gasteiger partial charge in [0.25, 0.3) is 0 Å². The molecule has 0 aliphatic heterocycles. The number of carbonyl (C=O) groups is 2. The van der Waals surface area contributed by atoms with E-state index < -0.39 is 6.04 Å². The summed E-state index contributed by atoms with van der Waals surface area (Å²) in [5.74, 6) is -0.139. The molecule has 5 nitrogen and oxygen atoms in total. The van der Waals surface area contributed by atoms with Gasteiger partial charge in [0.15, 0.2) is 0 Å². The maximum atomic E-state index is 11.7. The molecular weight excluding hydrogens is 230 g/mol. The second kappa shape index (κ2) is 7.36. The minimum absolute atomic E-state index is 0.0598. The lowest BCUT2D eigenvalue weighted by atomic mass is 9.87. The molecule has 0 spiro atoms. The van der Waals surface area contributed by atoms with E-state index in [1.807, 2.05) is 34.6 Å². The maximum absolute atomic E-state index is 11.7. The molecule has 2 amide bonds. The SMILES string of the molecule is CCN(CC)C(=O)CCNC(=O)C(N)C(C)(C)C. The second-order valence-corrected chi connectivity index (χ2v) is 5.45. The molecule has 0 saturated heterocycles. The average molecular weight is 257 g/mol. The van der Waals surface area contributed by atoms with Crippen LogP contribution in [0.2, 0.25) is 0 Å². The summed E-state index contributed by atoms with van der Waals surface area (Å²) in [5.41, 5.74) is 5.55. The van der Waals surface area contributed by atoms with Gasteiger partial charge in [-0.15, -0.1) is 0 Å². The molecule has 106 valence electrons. The molecule has 1 atom stereocenters. The molecule has 1 unspecified atom stereocenters. The van der Waals surface area contributed by atoms with Crippen LogP contribution in [-0.4, -0.2) is 42.4 Å². The molecule has 0 aliphatic carbocycles. The highest BCUT2D eigenvalue weighted by Crippen LogP contribution is 2.16. The predicted molar refractivity (Wildman–Crippen MR) is 73.0 cm³/mol. The summed E-state index contributed by atoms with van der Waals surface area (Å²) in [7, 11) is 0. The lowest BCUT2D eigenvalue weighted by molar-refractivity contribution is -0.131. The lowest BCUT2D eigenvalue weighted by Gasteiger charge is -2.26. The number of rotatable bonds is 6. The highest BCUT2D eigenvalue weighted by atomic mass is 16.2. The van der Waals surface area contributed by atoms with Crippen LogP contribution in [0.1, 0.15) is 41.0 Å². The molecule has 0 heterocycles. The summed E-state index contributed by atoms with van der Waals surface area (Å²) in [6, 6.07) is -0.555. The Kier molecular flexibility index (Phi) is 6.91. The van der Waals surface area contributed by atoms with Crippen LogP contribution in [0.4, 0.5) is 0 Å². The number of amides is 2. The van der Waals surface area contributed by atoms with Crippen LogP contribution in [-0.2, 0) is 9.59 Å². The Balaban J connectivity index is 4.06. The quantitative estimate of drug-likeness (QED) is 0.736. The van der Waals surface area contributed by atoms with Crippen molar-refractivity contribution < 1.29 is 9.59 Å². The molecule has 0 saturated carbocycles. The number of nitrogens with two attached hydrogens (primary N) is 1. The highest BCUT2D eigenvalue weighted by molar-refractivity contribution is 5.83. The van der Waals surface area contributed by atoms with Crippen LogP contribution in [0.3, 0.4) is 0 Å². The summed E-state index contributed by atoms with van der Waals surface area (Å²) >= 11 is 0. The van der Waals surface area contributed by atoms with Gasteiger partial charge in [-0.05, 0) is 19.3 Å². The number of hydrogen-bond acceptors (Lipinski definition) is 3. The summed E-state index contributed by atoms with van der Waals surface area (Å²) < 4.78 is 0. The molecule has 0 bridgehead atoms. The Labute approximate surface area is 110 Å². The van der Waals surface area contributed by atoms with Gasteiger partial charge >= 0.3 is 0 Å². The largest absolute Gasteiger partial charge is 0.354 e. The van der Waals surface area contributed by atoms with Gasteiger partial charge in [-0.3, -0.25) is 9.59 Å². The van der Waals surface area contributed by atoms with E-state index in [1.165, 1.54) is 0 Å². The Morgan fingerprint density at radius 1 is 1.22 bits per heavy atom. The van der Waals surface area contributed by atoms with E-state index in [0.717, 1.165) is 0 Å². The molecule has 0 aromatic rings. The van der Waals surface area contributed by atoms with E-state index in [4.69, 9.17) is 5.73 Å². The molecule has 0 aliphatic rings. The van der Waals surface area contributed by atoms with Crippen LogP contribution < -0.4 is 11.1 Å². The van der Waals surface area contributed by atoms with Gasteiger partial charge in [0, 0.05) is 26.1 Å². The van der Waals surface area contributed by atoms with Gasteiger partial charge in [0.2, 0.25) is 11.8 Å². The van der Waals surface area contributed by atoms with Gasteiger partial charge in [-0.2, -0.15) is 0 Å². The van der Waals surface area contributed by atoms with Crippen LogP contribution >= 0.6 is 0 Å². The van der Waals surface area contributed by atoms with Crippen molar-refractivity contribution in [3.63, 3.8) is 0 Å². The lowest BCUT2D eigenvalue weighted by Crippen LogP contribution is -2.49. The zero-order chi connectivity index (χ0) is 14.3. The minimum atomic E-state index is -0.555. The molecule has 0 radical (unpaired) electrons. The van der Waals surface area contributed by atoms with E-state index in [1.54, 1.807) is 4.90 Å². The molecule has 18 heavy (non-hydrogen) atoms. The zero-order valence-electron chi connectivity index (χ0n) is 12.2. The normalized spacial score (nSPS) is 13.0. The van der Waals surface area contributed by atoms with E-state index in [0.29, 0.717) is 26.1 Å². The topological polar surface area (TPSA) is 75.4 Å². The molecule has 0 rings (SSSR count). The fraction of sp³-hybridized carbons (Fsp3) is 0.846. The van der Waals surface area contributed by atoms with Crippen LogP contribution in [0, 0.1) is 5.41 Å². The van der Waals surface area contributed by atoms with E-state index >= 15 is 0 Å². The molecule has 0 aromatic carbocycles. The van der Waals surface area contributed by atoms with Crippen LogP contribution in [0.15, 0.2) is 0 Å². The van der Waals surface area contributed by atoms with Crippen molar-refractivity contribution in [1.29, 1.82) is 0 Å². The molecule has 0 fully saturated rings. The van der Waals surface area contributed by atoms with Gasteiger partial charge in [-0.1, -0.05) is 20.8 Å². The Morgan fingerprint density at radius 2 is 1.72 bits per heavy atom. The fourth-order valence-electron chi connectivity index (χ4n) is 1.53. The Hall–Kier alpha value is -1.10. The average Bonchev–Trinajstić information content (AvgIpc) is 2.28. The third-order valence-electron chi connectivity index (χ3n) is 2.97. The second-order valence-electron chi connectivity index (χ2n) is 5.45. The van der Waals surface area contributed by atoms with Gasteiger partial charge in [0.1, 0.15) is 0 Å². The van der Waals surface area contributed by atoms with Crippen molar-refractivity contribution in [3.8, 4) is 0 Å². The van der Waals surface area contributed by atoms with E-state index in [2.05, 4.69) is 5.32 Å². The van der Waals surface area contributed by atoms with Crippen molar-refractivity contribution in [1.82, 2.24) is 10.2 Å². The van der Waals surface area contributed by atoms with Crippen molar-refractivity contribution in [2.45, 2.75) is 47.1 Å². The van der Waals surface area contributed by atoms with Gasteiger partial charge in [-0.25, -0.2) is 0 Å². The molecule has 3 N–H and O–H groups in total. The minimum Gasteiger partial charge on any atom is -0.354 e. The van der Waals surface area contributed by atoms with Crippen molar-refractivity contribution >= 4 is 11.8 Å². The first kappa shape index (κ1) is 16.9. The highest BCUT2D eigenvalue weighted by Gasteiger charge is 2.27. The number of hydrogen-bond donors (Lipinski definition) is 2. The fourth-order valence-corrected chi connectivity index (χ4v) is 1.53. The van der Waals surface area contributed by atoms with Crippen LogP contribution in [0.25, 0.3) is 0 Å². The summed E-state index contributed by atoms with van der Waals surface area (Å²) in [4.78, 5) is 25.2. The van der Waals surface area contributed by atoms with E-state index in [9.17, 15) is 9.59 Å². The van der Waals surface area contributed by atoms with Crippen LogP contribution in [0.5, 0.6) is 0 Å². The smallest absolute Gasteiger partial charge is 0.237 e. The summed E-state index contributed by atoms with van der Waals surface area (Å²) in [6.07, 6.45) is 0.324. The molecular formula is C13H27N3O2. The Morgan fingerprint density at radius 3 is 2.11 bits per heavy atom. The monoisotopic (exact) mass is 257 g/mol. The van der Waals surface area contributed by atoms with Crippen molar-refractivity contribution in [2.24, 2.45) is 11.1 Å². The standard InChI is InChI=1S/C13H27N3O2/c1-6-16(7-2)10(17)8-9-15-12(18)11(14)13(3,4)5/h11H,6-9,14H2,1-5H3,(H,15,18). The van der Waals surface area contributed by atoms with E-state index in [-0.39, 0.29) is 17.2 Å². The number of nitrogens with one attached hydrogen (secondary N) is 1. The third kappa shape index (κ3) is 5.49. The summed E-state index contributed by atoms with van der Waals surface area (Å²) in [5, 5.41) is 2.71.